The molecule has 0 atom stereocenters. The van der Waals surface area contributed by atoms with Crippen molar-refractivity contribution in [2.75, 3.05) is 26.4 Å². The highest BCUT2D eigenvalue weighted by Gasteiger charge is 2.15. The predicted octanol–water partition coefficient (Wildman–Crippen LogP) is 3.15. The molecule has 6 nitrogen and oxygen atoms in total. The zero-order valence-electron chi connectivity index (χ0n) is 14.9. The van der Waals surface area contributed by atoms with Gasteiger partial charge in [-0.3, -0.25) is 0 Å². The van der Waals surface area contributed by atoms with E-state index in [1.54, 1.807) is 24.3 Å². The van der Waals surface area contributed by atoms with E-state index in [4.69, 9.17) is 14.6 Å². The number of ether oxygens (including phenoxy) is 2. The van der Waals surface area contributed by atoms with Crippen LogP contribution in [0.1, 0.15) is 33.2 Å². The lowest BCUT2D eigenvalue weighted by Crippen LogP contribution is -2.04. The van der Waals surface area contributed by atoms with Crippen LogP contribution in [0.2, 0.25) is 0 Å². The first kappa shape index (κ1) is 20.2. The van der Waals surface area contributed by atoms with Crippen molar-refractivity contribution in [3.05, 3.63) is 59.2 Å². The Labute approximate surface area is 157 Å². The molecule has 0 saturated heterocycles. The molecule has 0 aliphatic heterocycles. The maximum absolute atomic E-state index is 11.5. The van der Waals surface area contributed by atoms with Crippen LogP contribution in [0.15, 0.2) is 42.5 Å². The number of carboxylic acids is 2. The number of carboxylic acid groups (broad SMARTS) is 2. The van der Waals surface area contributed by atoms with Crippen LogP contribution < -0.4 is 0 Å². The Hall–Kier alpha value is -3.14. The molecule has 0 aliphatic rings. The van der Waals surface area contributed by atoms with Gasteiger partial charge < -0.3 is 19.7 Å². The lowest BCUT2D eigenvalue weighted by atomic mass is 9.96. The fourth-order valence-electron chi connectivity index (χ4n) is 2.39. The van der Waals surface area contributed by atoms with E-state index in [-0.39, 0.29) is 17.7 Å². The molecule has 2 rings (SSSR count). The van der Waals surface area contributed by atoms with Crippen molar-refractivity contribution in [2.45, 2.75) is 6.92 Å². The molecule has 2 N–H and O–H groups in total. The summed E-state index contributed by atoms with van der Waals surface area (Å²) in [7, 11) is 0. The highest BCUT2D eigenvalue weighted by atomic mass is 16.5. The van der Waals surface area contributed by atoms with Gasteiger partial charge >= 0.3 is 11.9 Å². The van der Waals surface area contributed by atoms with E-state index in [1.807, 2.05) is 6.92 Å². The molecule has 2 aromatic carbocycles. The number of hydrogen-bond acceptors (Lipinski definition) is 4. The molecule has 0 amide bonds. The fourth-order valence-corrected chi connectivity index (χ4v) is 2.39. The van der Waals surface area contributed by atoms with E-state index in [1.165, 1.54) is 18.2 Å². The second kappa shape index (κ2) is 10.1. The van der Waals surface area contributed by atoms with Gasteiger partial charge in [-0.05, 0) is 48.4 Å². The standard InChI is InChI=1S/C21H20O6/c1-2-26-11-12-27-10-4-6-15-5-3-7-16(13-15)19-14-17(20(22)23)8-9-18(19)21(24)25/h3,5,7-9,13-14H,2,10-12H2,1H3,(H,22,23)(H,24,25). The minimum Gasteiger partial charge on any atom is -0.478 e. The molecular formula is C21H20O6. The minimum absolute atomic E-state index is 0.0224. The summed E-state index contributed by atoms with van der Waals surface area (Å²) < 4.78 is 10.5. The van der Waals surface area contributed by atoms with Crippen molar-refractivity contribution in [2.24, 2.45) is 0 Å². The van der Waals surface area contributed by atoms with Crippen LogP contribution in [0, 0.1) is 11.8 Å². The van der Waals surface area contributed by atoms with E-state index < -0.39 is 11.9 Å². The molecule has 0 fully saturated rings. The summed E-state index contributed by atoms with van der Waals surface area (Å²) >= 11 is 0. The number of hydrogen-bond donors (Lipinski definition) is 2. The van der Waals surface area contributed by atoms with Crippen molar-refractivity contribution in [3.8, 4) is 23.0 Å². The number of benzene rings is 2. The molecule has 0 radical (unpaired) electrons. The Morgan fingerprint density at radius 1 is 1.00 bits per heavy atom. The van der Waals surface area contributed by atoms with Crippen molar-refractivity contribution in [3.63, 3.8) is 0 Å². The summed E-state index contributed by atoms with van der Waals surface area (Å²) in [6.45, 7) is 3.79. The van der Waals surface area contributed by atoms with E-state index in [0.717, 1.165) is 0 Å². The number of rotatable bonds is 8. The third-order valence-corrected chi connectivity index (χ3v) is 3.65. The second-order valence-corrected chi connectivity index (χ2v) is 5.50. The van der Waals surface area contributed by atoms with Gasteiger partial charge in [0.1, 0.15) is 6.61 Å². The largest absolute Gasteiger partial charge is 0.478 e. The van der Waals surface area contributed by atoms with E-state index in [9.17, 15) is 14.7 Å². The van der Waals surface area contributed by atoms with Crippen LogP contribution in [0.3, 0.4) is 0 Å². The molecular weight excluding hydrogens is 348 g/mol. The van der Waals surface area contributed by atoms with Crippen molar-refractivity contribution in [1.82, 2.24) is 0 Å². The molecule has 0 saturated carbocycles. The van der Waals surface area contributed by atoms with Crippen LogP contribution in [0.25, 0.3) is 11.1 Å². The number of aromatic carboxylic acids is 2. The van der Waals surface area contributed by atoms with Crippen molar-refractivity contribution >= 4 is 11.9 Å². The summed E-state index contributed by atoms with van der Waals surface area (Å²) in [5, 5.41) is 18.6. The normalized spacial score (nSPS) is 10.1. The quantitative estimate of drug-likeness (QED) is 0.549. The minimum atomic E-state index is -1.12. The Balaban J connectivity index is 2.21. The van der Waals surface area contributed by atoms with Gasteiger partial charge in [-0.2, -0.15) is 0 Å². The fraction of sp³-hybridized carbons (Fsp3) is 0.238. The molecule has 6 heteroatoms. The first-order valence-electron chi connectivity index (χ1n) is 8.38. The Kier molecular flexibility index (Phi) is 7.56. The average Bonchev–Trinajstić information content (AvgIpc) is 2.67. The molecule has 2 aromatic rings. The molecule has 0 aromatic heterocycles. The Morgan fingerprint density at radius 3 is 2.48 bits per heavy atom. The summed E-state index contributed by atoms with van der Waals surface area (Å²) in [6, 6.07) is 10.9. The van der Waals surface area contributed by atoms with E-state index >= 15 is 0 Å². The maximum Gasteiger partial charge on any atom is 0.336 e. The zero-order chi connectivity index (χ0) is 19.6. The van der Waals surface area contributed by atoms with Gasteiger partial charge in [-0.15, -0.1) is 0 Å². The van der Waals surface area contributed by atoms with Gasteiger partial charge in [0, 0.05) is 12.2 Å². The lowest BCUT2D eigenvalue weighted by Gasteiger charge is -2.08. The molecule has 140 valence electrons. The van der Waals surface area contributed by atoms with Crippen LogP contribution in [0.5, 0.6) is 0 Å². The summed E-state index contributed by atoms with van der Waals surface area (Å²) in [5.74, 6) is 3.60. The second-order valence-electron chi connectivity index (χ2n) is 5.50. The van der Waals surface area contributed by atoms with Gasteiger partial charge in [-0.1, -0.05) is 24.0 Å². The Bertz CT molecular complexity index is 876. The van der Waals surface area contributed by atoms with Crippen LogP contribution in [-0.2, 0) is 9.47 Å². The van der Waals surface area contributed by atoms with Gasteiger partial charge in [0.05, 0.1) is 24.3 Å². The van der Waals surface area contributed by atoms with Gasteiger partial charge in [0.2, 0.25) is 0 Å². The van der Waals surface area contributed by atoms with E-state index in [0.29, 0.717) is 36.5 Å². The molecule has 0 bridgehead atoms. The first-order valence-corrected chi connectivity index (χ1v) is 8.38. The van der Waals surface area contributed by atoms with Crippen molar-refractivity contribution in [1.29, 1.82) is 0 Å². The highest BCUT2D eigenvalue weighted by Crippen LogP contribution is 2.26. The molecule has 0 spiro atoms. The third kappa shape index (κ3) is 5.96. The van der Waals surface area contributed by atoms with Gasteiger partial charge in [0.25, 0.3) is 0 Å². The first-order chi connectivity index (χ1) is 13.0. The topological polar surface area (TPSA) is 93.1 Å². The highest BCUT2D eigenvalue weighted by molar-refractivity contribution is 5.99. The molecule has 0 unspecified atom stereocenters. The monoisotopic (exact) mass is 368 g/mol. The summed E-state index contributed by atoms with van der Waals surface area (Å²) in [6.07, 6.45) is 0. The SMILES string of the molecule is CCOCCOCC#Cc1cccc(-c2cc(C(=O)O)ccc2C(=O)O)c1. The van der Waals surface area contributed by atoms with Crippen LogP contribution >= 0.6 is 0 Å². The maximum atomic E-state index is 11.5. The number of carbonyl (C=O) groups is 2. The summed E-state index contributed by atoms with van der Waals surface area (Å²) in [4.78, 5) is 22.7. The summed E-state index contributed by atoms with van der Waals surface area (Å²) in [5.41, 5.74) is 1.65. The smallest absolute Gasteiger partial charge is 0.336 e. The average molecular weight is 368 g/mol. The van der Waals surface area contributed by atoms with Crippen LogP contribution in [-0.4, -0.2) is 48.6 Å². The third-order valence-electron chi connectivity index (χ3n) is 3.65. The molecule has 27 heavy (non-hydrogen) atoms. The zero-order valence-corrected chi connectivity index (χ0v) is 14.9. The molecule has 0 heterocycles. The van der Waals surface area contributed by atoms with Crippen LogP contribution in [0.4, 0.5) is 0 Å². The Morgan fingerprint density at radius 2 is 1.78 bits per heavy atom. The predicted molar refractivity (Wildman–Crippen MR) is 100.0 cm³/mol. The van der Waals surface area contributed by atoms with Gasteiger partial charge in [0.15, 0.2) is 0 Å². The van der Waals surface area contributed by atoms with Crippen molar-refractivity contribution < 1.29 is 29.3 Å². The van der Waals surface area contributed by atoms with Gasteiger partial charge in [-0.25, -0.2) is 9.59 Å². The van der Waals surface area contributed by atoms with E-state index in [2.05, 4.69) is 11.8 Å². The molecule has 0 aliphatic carbocycles. The lowest BCUT2D eigenvalue weighted by molar-refractivity contribution is 0.0662.